The van der Waals surface area contributed by atoms with Gasteiger partial charge in [0.15, 0.2) is 0 Å². The van der Waals surface area contributed by atoms with Crippen molar-refractivity contribution >= 4 is 10.9 Å². The molecule has 106 valence electrons. The molecule has 0 unspecified atom stereocenters. The Hall–Kier alpha value is -2.39. The van der Waals surface area contributed by atoms with E-state index in [-0.39, 0.29) is 0 Å². The average Bonchev–Trinajstić information content (AvgIpc) is 2.53. The van der Waals surface area contributed by atoms with Gasteiger partial charge in [-0.25, -0.2) is 0 Å². The fourth-order valence-corrected chi connectivity index (χ4v) is 2.22. The summed E-state index contributed by atoms with van der Waals surface area (Å²) in [5.41, 5.74) is 2.98. The number of aliphatic hydroxyl groups excluding tert-OH is 1. The first kappa shape index (κ1) is 13.6. The van der Waals surface area contributed by atoms with Crippen molar-refractivity contribution in [3.8, 4) is 5.75 Å². The molecule has 0 aliphatic carbocycles. The Balaban J connectivity index is 1.71. The minimum atomic E-state index is -0.452. The van der Waals surface area contributed by atoms with Gasteiger partial charge in [-0.15, -0.1) is 0 Å². The van der Waals surface area contributed by atoms with Crippen molar-refractivity contribution in [2.24, 2.45) is 0 Å². The minimum Gasteiger partial charge on any atom is -0.489 e. The molecule has 1 atom stereocenters. The molecule has 0 aliphatic rings. The summed E-state index contributed by atoms with van der Waals surface area (Å²) in [7, 11) is 0. The normalized spacial score (nSPS) is 12.3. The Labute approximate surface area is 123 Å². The van der Waals surface area contributed by atoms with Gasteiger partial charge in [-0.2, -0.15) is 0 Å². The third-order valence-electron chi connectivity index (χ3n) is 3.44. The molecule has 3 nitrogen and oxygen atoms in total. The van der Waals surface area contributed by atoms with Crippen LogP contribution in [0.4, 0.5) is 0 Å². The topological polar surface area (TPSA) is 42.4 Å². The van der Waals surface area contributed by atoms with Crippen LogP contribution in [0.15, 0.2) is 60.8 Å². The Kier molecular flexibility index (Phi) is 3.84. The maximum Gasteiger partial charge on any atom is 0.119 e. The van der Waals surface area contributed by atoms with E-state index in [1.807, 2.05) is 48.5 Å². The molecule has 0 bridgehead atoms. The van der Waals surface area contributed by atoms with Crippen LogP contribution in [0.1, 0.15) is 24.2 Å². The molecular weight excluding hydrogens is 262 g/mol. The van der Waals surface area contributed by atoms with E-state index in [1.165, 1.54) is 0 Å². The summed E-state index contributed by atoms with van der Waals surface area (Å²) >= 11 is 0. The first-order chi connectivity index (χ1) is 10.2. The average molecular weight is 279 g/mol. The van der Waals surface area contributed by atoms with Gasteiger partial charge in [0.1, 0.15) is 12.4 Å². The lowest BCUT2D eigenvalue weighted by Gasteiger charge is -2.09. The number of aromatic nitrogens is 1. The first-order valence-corrected chi connectivity index (χ1v) is 6.97. The number of aliphatic hydroxyl groups is 1. The molecule has 0 fully saturated rings. The van der Waals surface area contributed by atoms with Crippen molar-refractivity contribution in [3.05, 3.63) is 71.9 Å². The number of hydrogen-bond donors (Lipinski definition) is 1. The number of rotatable bonds is 4. The summed E-state index contributed by atoms with van der Waals surface area (Å²) in [6.45, 7) is 2.26. The first-order valence-electron chi connectivity index (χ1n) is 6.97. The highest BCUT2D eigenvalue weighted by Crippen LogP contribution is 2.19. The lowest BCUT2D eigenvalue weighted by Crippen LogP contribution is -1.96. The monoisotopic (exact) mass is 279 g/mol. The third-order valence-corrected chi connectivity index (χ3v) is 3.44. The summed E-state index contributed by atoms with van der Waals surface area (Å²) in [5.74, 6) is 0.797. The number of hydrogen-bond acceptors (Lipinski definition) is 3. The summed E-state index contributed by atoms with van der Waals surface area (Å²) in [4.78, 5) is 4.30. The summed E-state index contributed by atoms with van der Waals surface area (Å²) in [6, 6.07) is 17.6. The molecule has 1 heterocycles. The molecule has 21 heavy (non-hydrogen) atoms. The van der Waals surface area contributed by atoms with Gasteiger partial charge in [0.2, 0.25) is 0 Å². The minimum absolute atomic E-state index is 0.452. The van der Waals surface area contributed by atoms with E-state index in [0.717, 1.165) is 27.8 Å². The molecule has 3 rings (SSSR count). The highest BCUT2D eigenvalue weighted by Gasteiger charge is 2.02. The molecule has 0 radical (unpaired) electrons. The Bertz CT molecular complexity index is 736. The van der Waals surface area contributed by atoms with Gasteiger partial charge >= 0.3 is 0 Å². The van der Waals surface area contributed by atoms with Crippen molar-refractivity contribution in [1.29, 1.82) is 0 Å². The Morgan fingerprint density at radius 1 is 1.10 bits per heavy atom. The number of benzene rings is 2. The molecule has 0 saturated carbocycles. The van der Waals surface area contributed by atoms with Crippen molar-refractivity contribution < 1.29 is 9.84 Å². The van der Waals surface area contributed by atoms with Gasteiger partial charge in [-0.1, -0.05) is 24.3 Å². The zero-order valence-electron chi connectivity index (χ0n) is 11.9. The van der Waals surface area contributed by atoms with E-state index in [0.29, 0.717) is 6.61 Å². The van der Waals surface area contributed by atoms with Gasteiger partial charge in [0.25, 0.3) is 0 Å². The van der Waals surface area contributed by atoms with E-state index in [1.54, 1.807) is 13.1 Å². The van der Waals surface area contributed by atoms with Crippen LogP contribution in [0.25, 0.3) is 10.9 Å². The Morgan fingerprint density at radius 2 is 1.90 bits per heavy atom. The van der Waals surface area contributed by atoms with Crippen LogP contribution in [-0.2, 0) is 6.61 Å². The van der Waals surface area contributed by atoms with Gasteiger partial charge < -0.3 is 9.84 Å². The van der Waals surface area contributed by atoms with Gasteiger partial charge in [-0.3, -0.25) is 4.98 Å². The highest BCUT2D eigenvalue weighted by molar-refractivity contribution is 5.78. The molecule has 1 N–H and O–H groups in total. The molecule has 3 heteroatoms. The zero-order chi connectivity index (χ0) is 14.7. The van der Waals surface area contributed by atoms with E-state index in [4.69, 9.17) is 4.74 Å². The zero-order valence-corrected chi connectivity index (χ0v) is 11.9. The second-order valence-electron chi connectivity index (χ2n) is 5.06. The van der Waals surface area contributed by atoms with E-state index in [9.17, 15) is 5.11 Å². The van der Waals surface area contributed by atoms with Crippen molar-refractivity contribution in [2.45, 2.75) is 19.6 Å². The second kappa shape index (κ2) is 5.94. The van der Waals surface area contributed by atoms with Gasteiger partial charge in [-0.05, 0) is 48.4 Å². The predicted molar refractivity (Wildman–Crippen MR) is 83.2 cm³/mol. The van der Waals surface area contributed by atoms with Crippen molar-refractivity contribution in [3.63, 3.8) is 0 Å². The molecule has 2 aromatic carbocycles. The van der Waals surface area contributed by atoms with E-state index in [2.05, 4.69) is 11.1 Å². The molecule has 3 aromatic rings. The van der Waals surface area contributed by atoms with Crippen LogP contribution in [0.3, 0.4) is 0 Å². The van der Waals surface area contributed by atoms with Crippen LogP contribution in [0, 0.1) is 0 Å². The predicted octanol–water partition coefficient (Wildman–Crippen LogP) is 3.87. The second-order valence-corrected chi connectivity index (χ2v) is 5.06. The van der Waals surface area contributed by atoms with Crippen molar-refractivity contribution in [2.75, 3.05) is 0 Å². The largest absolute Gasteiger partial charge is 0.489 e. The summed E-state index contributed by atoms with van der Waals surface area (Å²) < 4.78 is 5.77. The lowest BCUT2D eigenvalue weighted by molar-refractivity contribution is 0.199. The lowest BCUT2D eigenvalue weighted by atomic mass is 10.1. The van der Waals surface area contributed by atoms with Crippen LogP contribution in [0.2, 0.25) is 0 Å². The van der Waals surface area contributed by atoms with Gasteiger partial charge in [0, 0.05) is 11.6 Å². The van der Waals surface area contributed by atoms with E-state index >= 15 is 0 Å². The van der Waals surface area contributed by atoms with Gasteiger partial charge in [0.05, 0.1) is 11.6 Å². The maximum atomic E-state index is 9.48. The molecule has 0 spiro atoms. The highest BCUT2D eigenvalue weighted by atomic mass is 16.5. The van der Waals surface area contributed by atoms with E-state index < -0.39 is 6.10 Å². The summed E-state index contributed by atoms with van der Waals surface area (Å²) in [5, 5.41) is 10.6. The third kappa shape index (κ3) is 3.20. The number of ether oxygens (including phenoxy) is 1. The van der Waals surface area contributed by atoms with Crippen LogP contribution < -0.4 is 4.74 Å². The number of pyridine rings is 1. The molecule has 0 aliphatic heterocycles. The molecule has 0 amide bonds. The quantitative estimate of drug-likeness (QED) is 0.788. The fraction of sp³-hybridized carbons (Fsp3) is 0.167. The standard InChI is InChI=1S/C18H17NO2/c1-13(20)15-5-7-17(8-6-15)21-12-14-4-9-18-16(11-14)3-2-10-19-18/h2-11,13,20H,12H2,1H3/t13-/m0/s1. The SMILES string of the molecule is C[C@H](O)c1ccc(OCc2ccc3ncccc3c2)cc1. The maximum absolute atomic E-state index is 9.48. The molecule has 0 saturated heterocycles. The Morgan fingerprint density at radius 3 is 2.67 bits per heavy atom. The summed E-state index contributed by atoms with van der Waals surface area (Å²) in [6.07, 6.45) is 1.34. The molecular formula is C18H17NO2. The van der Waals surface area contributed by atoms with Crippen molar-refractivity contribution in [1.82, 2.24) is 4.98 Å². The van der Waals surface area contributed by atoms with Crippen LogP contribution >= 0.6 is 0 Å². The smallest absolute Gasteiger partial charge is 0.119 e. The fourth-order valence-electron chi connectivity index (χ4n) is 2.22. The van der Waals surface area contributed by atoms with Crippen LogP contribution in [0.5, 0.6) is 5.75 Å². The number of fused-ring (bicyclic) bond motifs is 1. The molecule has 1 aromatic heterocycles. The number of nitrogens with zero attached hydrogens (tertiary/aromatic N) is 1. The van der Waals surface area contributed by atoms with Crippen LogP contribution in [-0.4, -0.2) is 10.1 Å².